The maximum absolute atomic E-state index is 3.54. The predicted molar refractivity (Wildman–Crippen MR) is 74.2 cm³/mol. The number of hydrogen-bond acceptors (Lipinski definition) is 2. The van der Waals surface area contributed by atoms with E-state index in [0.29, 0.717) is 0 Å². The molecule has 2 aliphatic rings. The molecule has 2 heteroatoms. The molecule has 0 radical (unpaired) electrons. The number of rotatable bonds is 2. The lowest BCUT2D eigenvalue weighted by Gasteiger charge is -2.36. The van der Waals surface area contributed by atoms with Crippen molar-refractivity contribution in [3.05, 3.63) is 0 Å². The normalized spacial score (nSPS) is 37.4. The Morgan fingerprint density at radius 1 is 1.12 bits per heavy atom. The van der Waals surface area contributed by atoms with Gasteiger partial charge in [0.15, 0.2) is 0 Å². The molecule has 0 amide bonds. The highest BCUT2D eigenvalue weighted by molar-refractivity contribution is 4.78. The standard InChI is InChI=1S/C15H30N2/c1-13-10-16-8-5-9-17(11-13)12-15-7-4-3-6-14(15)2/h13-16H,3-12H2,1-2H3. The molecule has 3 unspecified atom stereocenters. The van der Waals surface area contributed by atoms with Gasteiger partial charge < -0.3 is 10.2 Å². The van der Waals surface area contributed by atoms with E-state index in [1.807, 2.05) is 0 Å². The summed E-state index contributed by atoms with van der Waals surface area (Å²) >= 11 is 0. The molecule has 1 heterocycles. The molecular formula is C15H30N2. The molecule has 2 fully saturated rings. The van der Waals surface area contributed by atoms with Crippen molar-refractivity contribution in [2.75, 3.05) is 32.7 Å². The van der Waals surface area contributed by atoms with Crippen LogP contribution in [0, 0.1) is 17.8 Å². The molecule has 100 valence electrons. The summed E-state index contributed by atoms with van der Waals surface area (Å²) in [6, 6.07) is 0. The van der Waals surface area contributed by atoms with Crippen molar-refractivity contribution in [2.24, 2.45) is 17.8 Å². The monoisotopic (exact) mass is 238 g/mol. The van der Waals surface area contributed by atoms with Crippen molar-refractivity contribution in [1.82, 2.24) is 10.2 Å². The molecule has 2 rings (SSSR count). The van der Waals surface area contributed by atoms with E-state index in [9.17, 15) is 0 Å². The van der Waals surface area contributed by atoms with E-state index in [0.717, 1.165) is 17.8 Å². The molecule has 0 bridgehead atoms. The fourth-order valence-corrected chi connectivity index (χ4v) is 3.53. The highest BCUT2D eigenvalue weighted by atomic mass is 15.1. The van der Waals surface area contributed by atoms with Crippen LogP contribution >= 0.6 is 0 Å². The Morgan fingerprint density at radius 3 is 2.76 bits per heavy atom. The Hall–Kier alpha value is -0.0800. The van der Waals surface area contributed by atoms with Gasteiger partial charge in [-0.2, -0.15) is 0 Å². The van der Waals surface area contributed by atoms with Crippen molar-refractivity contribution in [2.45, 2.75) is 46.0 Å². The summed E-state index contributed by atoms with van der Waals surface area (Å²) in [6.07, 6.45) is 7.21. The summed E-state index contributed by atoms with van der Waals surface area (Å²) in [4.78, 5) is 2.75. The third-order valence-corrected chi connectivity index (χ3v) is 4.67. The summed E-state index contributed by atoms with van der Waals surface area (Å²) in [7, 11) is 0. The van der Waals surface area contributed by atoms with Crippen LogP contribution in [-0.4, -0.2) is 37.6 Å². The second kappa shape index (κ2) is 6.75. The second-order valence-corrected chi connectivity index (χ2v) is 6.44. The Kier molecular flexibility index (Phi) is 5.30. The smallest absolute Gasteiger partial charge is 0.00193 e. The first-order valence-corrected chi connectivity index (χ1v) is 7.69. The van der Waals surface area contributed by atoms with Crippen LogP contribution in [0.15, 0.2) is 0 Å². The van der Waals surface area contributed by atoms with Crippen molar-refractivity contribution in [1.29, 1.82) is 0 Å². The van der Waals surface area contributed by atoms with Crippen LogP contribution in [-0.2, 0) is 0 Å². The van der Waals surface area contributed by atoms with E-state index in [-0.39, 0.29) is 0 Å². The van der Waals surface area contributed by atoms with Gasteiger partial charge in [0.1, 0.15) is 0 Å². The minimum Gasteiger partial charge on any atom is -0.316 e. The van der Waals surface area contributed by atoms with Gasteiger partial charge in [0.2, 0.25) is 0 Å². The Morgan fingerprint density at radius 2 is 1.94 bits per heavy atom. The van der Waals surface area contributed by atoms with Gasteiger partial charge in [-0.3, -0.25) is 0 Å². The zero-order valence-corrected chi connectivity index (χ0v) is 11.8. The number of hydrogen-bond donors (Lipinski definition) is 1. The van der Waals surface area contributed by atoms with Gasteiger partial charge in [0.25, 0.3) is 0 Å². The molecule has 0 spiro atoms. The summed E-state index contributed by atoms with van der Waals surface area (Å²) in [5.41, 5.74) is 0. The van der Waals surface area contributed by atoms with Crippen molar-refractivity contribution in [3.63, 3.8) is 0 Å². The quantitative estimate of drug-likeness (QED) is 0.796. The Labute approximate surface area is 107 Å². The van der Waals surface area contributed by atoms with Gasteiger partial charge in [0, 0.05) is 13.1 Å². The van der Waals surface area contributed by atoms with Crippen LogP contribution in [0.4, 0.5) is 0 Å². The molecule has 1 N–H and O–H groups in total. The minimum atomic E-state index is 0.814. The van der Waals surface area contributed by atoms with Crippen LogP contribution in [0.2, 0.25) is 0 Å². The van der Waals surface area contributed by atoms with Gasteiger partial charge in [-0.1, -0.05) is 33.1 Å². The van der Waals surface area contributed by atoms with E-state index in [2.05, 4.69) is 24.1 Å². The van der Waals surface area contributed by atoms with E-state index in [4.69, 9.17) is 0 Å². The van der Waals surface area contributed by atoms with Crippen LogP contribution in [0.5, 0.6) is 0 Å². The summed E-state index contributed by atoms with van der Waals surface area (Å²) < 4.78 is 0. The SMILES string of the molecule is CC1CNCCCN(CC2CCCCC2C)C1. The van der Waals surface area contributed by atoms with Crippen molar-refractivity contribution in [3.8, 4) is 0 Å². The third-order valence-electron chi connectivity index (χ3n) is 4.67. The maximum Gasteiger partial charge on any atom is 0.00193 e. The average Bonchev–Trinajstić information content (AvgIpc) is 2.28. The summed E-state index contributed by atoms with van der Waals surface area (Å²) in [5.74, 6) is 2.75. The molecule has 17 heavy (non-hydrogen) atoms. The van der Waals surface area contributed by atoms with Gasteiger partial charge in [0.05, 0.1) is 0 Å². The van der Waals surface area contributed by atoms with Gasteiger partial charge in [-0.25, -0.2) is 0 Å². The fraction of sp³-hybridized carbons (Fsp3) is 1.00. The van der Waals surface area contributed by atoms with E-state index >= 15 is 0 Å². The molecule has 1 aliphatic heterocycles. The van der Waals surface area contributed by atoms with Crippen LogP contribution < -0.4 is 5.32 Å². The zero-order valence-electron chi connectivity index (χ0n) is 11.8. The summed E-state index contributed by atoms with van der Waals surface area (Å²) in [6.45, 7) is 11.2. The Balaban J connectivity index is 1.82. The van der Waals surface area contributed by atoms with Gasteiger partial charge in [-0.05, 0) is 50.2 Å². The minimum absolute atomic E-state index is 0.814. The number of nitrogens with zero attached hydrogens (tertiary/aromatic N) is 1. The highest BCUT2D eigenvalue weighted by Crippen LogP contribution is 2.30. The molecule has 0 aromatic carbocycles. The van der Waals surface area contributed by atoms with E-state index < -0.39 is 0 Å². The van der Waals surface area contributed by atoms with Crippen molar-refractivity contribution < 1.29 is 0 Å². The zero-order chi connectivity index (χ0) is 12.1. The van der Waals surface area contributed by atoms with Gasteiger partial charge in [-0.15, -0.1) is 0 Å². The predicted octanol–water partition coefficient (Wildman–Crippen LogP) is 2.74. The van der Waals surface area contributed by atoms with Crippen LogP contribution in [0.25, 0.3) is 0 Å². The summed E-state index contributed by atoms with van der Waals surface area (Å²) in [5, 5.41) is 3.54. The van der Waals surface area contributed by atoms with Crippen LogP contribution in [0.1, 0.15) is 46.0 Å². The highest BCUT2D eigenvalue weighted by Gasteiger charge is 2.24. The molecule has 2 nitrogen and oxygen atoms in total. The first-order chi connectivity index (χ1) is 8.25. The maximum atomic E-state index is 3.54. The van der Waals surface area contributed by atoms with Gasteiger partial charge >= 0.3 is 0 Å². The largest absolute Gasteiger partial charge is 0.316 e. The molecule has 1 saturated carbocycles. The lowest BCUT2D eigenvalue weighted by Crippen LogP contribution is -2.42. The molecule has 0 aromatic heterocycles. The fourth-order valence-electron chi connectivity index (χ4n) is 3.53. The molecular weight excluding hydrogens is 208 g/mol. The molecule has 1 saturated heterocycles. The topological polar surface area (TPSA) is 15.3 Å². The molecule has 3 atom stereocenters. The molecule has 1 aliphatic carbocycles. The average molecular weight is 238 g/mol. The molecule has 0 aromatic rings. The lowest BCUT2D eigenvalue weighted by atomic mass is 9.80. The second-order valence-electron chi connectivity index (χ2n) is 6.44. The van der Waals surface area contributed by atoms with E-state index in [1.54, 1.807) is 0 Å². The first kappa shape index (κ1) is 13.4. The van der Waals surface area contributed by atoms with Crippen molar-refractivity contribution >= 4 is 0 Å². The first-order valence-electron chi connectivity index (χ1n) is 7.69. The Bertz CT molecular complexity index is 217. The number of nitrogens with one attached hydrogen (secondary N) is 1. The van der Waals surface area contributed by atoms with Crippen LogP contribution in [0.3, 0.4) is 0 Å². The van der Waals surface area contributed by atoms with E-state index in [1.165, 1.54) is 64.8 Å². The lowest BCUT2D eigenvalue weighted by molar-refractivity contribution is 0.138. The third kappa shape index (κ3) is 4.26.